The van der Waals surface area contributed by atoms with Crippen molar-refractivity contribution in [3.05, 3.63) is 29.8 Å². The van der Waals surface area contributed by atoms with Crippen molar-refractivity contribution in [2.75, 3.05) is 19.7 Å². The first kappa shape index (κ1) is 19.3. The van der Waals surface area contributed by atoms with E-state index in [0.717, 1.165) is 37.1 Å². The lowest BCUT2D eigenvalue weighted by Crippen LogP contribution is -2.50. The van der Waals surface area contributed by atoms with E-state index >= 15 is 0 Å². The van der Waals surface area contributed by atoms with Gasteiger partial charge >= 0.3 is 0 Å². The van der Waals surface area contributed by atoms with Crippen LogP contribution in [-0.2, 0) is 16.0 Å². The molecule has 1 atom stereocenters. The number of carbonyl (C=O) groups excluding carboxylic acids is 2. The van der Waals surface area contributed by atoms with E-state index in [2.05, 4.69) is 5.32 Å². The van der Waals surface area contributed by atoms with Crippen molar-refractivity contribution < 1.29 is 14.3 Å². The van der Waals surface area contributed by atoms with Crippen LogP contribution in [-0.4, -0.2) is 42.5 Å². The van der Waals surface area contributed by atoms with E-state index in [0.29, 0.717) is 19.6 Å². The van der Waals surface area contributed by atoms with E-state index < -0.39 is 0 Å². The molecule has 2 amide bonds. The molecule has 1 heterocycles. The van der Waals surface area contributed by atoms with Gasteiger partial charge in [-0.05, 0) is 43.9 Å². The fraction of sp³-hybridized carbons (Fsp3) is 0.600. The Labute approximate surface area is 150 Å². The van der Waals surface area contributed by atoms with Crippen molar-refractivity contribution in [3.63, 3.8) is 0 Å². The topological polar surface area (TPSA) is 58.6 Å². The summed E-state index contributed by atoms with van der Waals surface area (Å²) in [6.07, 6.45) is 3.11. The molecule has 1 unspecified atom stereocenters. The molecule has 1 fully saturated rings. The first-order valence-electron chi connectivity index (χ1n) is 9.29. The van der Waals surface area contributed by atoms with Crippen molar-refractivity contribution in [2.24, 2.45) is 5.92 Å². The number of piperidine rings is 1. The third kappa shape index (κ3) is 6.07. The molecule has 1 aromatic rings. The summed E-state index contributed by atoms with van der Waals surface area (Å²) in [5.41, 5.74) is 1.14. The van der Waals surface area contributed by atoms with Gasteiger partial charge in [0.2, 0.25) is 11.8 Å². The molecule has 1 aliphatic heterocycles. The number of amides is 2. The number of rotatable bonds is 7. The van der Waals surface area contributed by atoms with Gasteiger partial charge < -0.3 is 15.0 Å². The van der Waals surface area contributed by atoms with Crippen LogP contribution in [0, 0.1) is 5.92 Å². The highest BCUT2D eigenvalue weighted by Crippen LogP contribution is 2.16. The number of aryl methyl sites for hydroxylation is 1. The lowest BCUT2D eigenvalue weighted by atomic mass is 10.0. The van der Waals surface area contributed by atoms with Crippen LogP contribution in [0.2, 0.25) is 0 Å². The maximum absolute atomic E-state index is 12.5. The molecule has 0 radical (unpaired) electrons. The molecule has 0 saturated carbocycles. The Morgan fingerprint density at radius 1 is 1.28 bits per heavy atom. The second-order valence-electron chi connectivity index (χ2n) is 6.92. The van der Waals surface area contributed by atoms with Crippen LogP contribution < -0.4 is 10.1 Å². The van der Waals surface area contributed by atoms with E-state index in [9.17, 15) is 9.59 Å². The van der Waals surface area contributed by atoms with Crippen LogP contribution in [0.1, 0.15) is 45.6 Å². The number of nitrogens with zero attached hydrogens (tertiary/aromatic N) is 1. The molecule has 138 valence electrons. The Hall–Kier alpha value is -2.04. The highest BCUT2D eigenvalue weighted by molar-refractivity contribution is 5.79. The number of nitrogens with one attached hydrogen (secondary N) is 1. The third-order valence-electron chi connectivity index (χ3n) is 4.51. The molecular weight excluding hydrogens is 316 g/mol. The van der Waals surface area contributed by atoms with Gasteiger partial charge in [-0.3, -0.25) is 9.59 Å². The molecule has 1 aliphatic rings. The fourth-order valence-electron chi connectivity index (χ4n) is 3.02. The van der Waals surface area contributed by atoms with Crippen molar-refractivity contribution in [1.29, 1.82) is 0 Å². The first-order valence-corrected chi connectivity index (χ1v) is 9.29. The molecule has 0 bridgehead atoms. The minimum Gasteiger partial charge on any atom is -0.494 e. The van der Waals surface area contributed by atoms with Gasteiger partial charge in [-0.2, -0.15) is 0 Å². The van der Waals surface area contributed by atoms with E-state index in [1.807, 2.05) is 49.9 Å². The van der Waals surface area contributed by atoms with Gasteiger partial charge in [-0.15, -0.1) is 0 Å². The van der Waals surface area contributed by atoms with Crippen molar-refractivity contribution in [3.8, 4) is 5.75 Å². The monoisotopic (exact) mass is 346 g/mol. The zero-order chi connectivity index (χ0) is 18.2. The molecular formula is C20H30N2O3. The summed E-state index contributed by atoms with van der Waals surface area (Å²) in [6.45, 7) is 7.80. The summed E-state index contributed by atoms with van der Waals surface area (Å²) >= 11 is 0. The molecule has 0 spiro atoms. The van der Waals surface area contributed by atoms with Crippen molar-refractivity contribution in [1.82, 2.24) is 10.2 Å². The Morgan fingerprint density at radius 3 is 2.64 bits per heavy atom. The molecule has 1 saturated heterocycles. The largest absolute Gasteiger partial charge is 0.494 e. The van der Waals surface area contributed by atoms with Crippen LogP contribution in [0.4, 0.5) is 0 Å². The summed E-state index contributed by atoms with van der Waals surface area (Å²) < 4.78 is 5.43. The van der Waals surface area contributed by atoms with Crippen LogP contribution in [0.15, 0.2) is 24.3 Å². The Kier molecular flexibility index (Phi) is 7.29. The maximum atomic E-state index is 12.5. The minimum absolute atomic E-state index is 0.0225. The van der Waals surface area contributed by atoms with Crippen LogP contribution in [0.3, 0.4) is 0 Å². The van der Waals surface area contributed by atoms with Crippen molar-refractivity contribution in [2.45, 2.75) is 52.5 Å². The Morgan fingerprint density at radius 2 is 2.00 bits per heavy atom. The number of hydrogen-bond donors (Lipinski definition) is 1. The molecule has 5 nitrogen and oxygen atoms in total. The van der Waals surface area contributed by atoms with Gasteiger partial charge in [0.25, 0.3) is 0 Å². The zero-order valence-corrected chi connectivity index (χ0v) is 15.6. The normalized spacial score (nSPS) is 17.4. The third-order valence-corrected chi connectivity index (χ3v) is 4.51. The van der Waals surface area contributed by atoms with E-state index in [1.54, 1.807) is 0 Å². The maximum Gasteiger partial charge on any atom is 0.222 e. The number of carbonyl (C=O) groups is 2. The average molecular weight is 346 g/mol. The standard InChI is InChI=1S/C20H30N2O3/c1-4-25-18-10-7-16(8-11-18)9-12-19(23)22-13-5-6-17(14-22)21-20(24)15(2)3/h7-8,10-11,15,17H,4-6,9,12-14H2,1-3H3,(H,21,24). The smallest absolute Gasteiger partial charge is 0.222 e. The lowest BCUT2D eigenvalue weighted by Gasteiger charge is -2.33. The molecule has 5 heteroatoms. The Bertz CT molecular complexity index is 569. The summed E-state index contributed by atoms with van der Waals surface area (Å²) in [7, 11) is 0. The number of hydrogen-bond acceptors (Lipinski definition) is 3. The summed E-state index contributed by atoms with van der Waals surface area (Å²) in [5, 5.41) is 3.05. The van der Waals surface area contributed by atoms with Gasteiger partial charge in [-0.25, -0.2) is 0 Å². The molecule has 1 aromatic carbocycles. The van der Waals surface area contributed by atoms with Crippen molar-refractivity contribution >= 4 is 11.8 Å². The van der Waals surface area contributed by atoms with E-state index in [-0.39, 0.29) is 23.8 Å². The molecule has 25 heavy (non-hydrogen) atoms. The molecule has 2 rings (SSSR count). The second kappa shape index (κ2) is 9.44. The highest BCUT2D eigenvalue weighted by atomic mass is 16.5. The lowest BCUT2D eigenvalue weighted by molar-refractivity contribution is -0.134. The SMILES string of the molecule is CCOc1ccc(CCC(=O)N2CCCC(NC(=O)C(C)C)C2)cc1. The molecule has 1 N–H and O–H groups in total. The summed E-state index contributed by atoms with van der Waals surface area (Å²) in [5.74, 6) is 1.06. The predicted octanol–water partition coefficient (Wildman–Crippen LogP) is 2.78. The molecule has 0 aromatic heterocycles. The average Bonchev–Trinajstić information content (AvgIpc) is 2.61. The van der Waals surface area contributed by atoms with Gasteiger partial charge in [0.1, 0.15) is 5.75 Å². The van der Waals surface area contributed by atoms with Gasteiger partial charge in [-0.1, -0.05) is 26.0 Å². The van der Waals surface area contributed by atoms with Crippen LogP contribution >= 0.6 is 0 Å². The quantitative estimate of drug-likeness (QED) is 0.826. The summed E-state index contributed by atoms with van der Waals surface area (Å²) in [4.78, 5) is 26.2. The first-order chi connectivity index (χ1) is 12.0. The number of benzene rings is 1. The van der Waals surface area contributed by atoms with Gasteiger partial charge in [0.05, 0.1) is 6.61 Å². The number of likely N-dealkylation sites (tertiary alicyclic amines) is 1. The van der Waals surface area contributed by atoms with Crippen LogP contribution in [0.5, 0.6) is 5.75 Å². The highest BCUT2D eigenvalue weighted by Gasteiger charge is 2.25. The number of ether oxygens (including phenoxy) is 1. The van der Waals surface area contributed by atoms with Crippen LogP contribution in [0.25, 0.3) is 0 Å². The summed E-state index contributed by atoms with van der Waals surface area (Å²) in [6, 6.07) is 8.00. The Balaban J connectivity index is 1.80. The van der Waals surface area contributed by atoms with E-state index in [4.69, 9.17) is 4.74 Å². The zero-order valence-electron chi connectivity index (χ0n) is 15.6. The molecule has 0 aliphatic carbocycles. The van der Waals surface area contributed by atoms with E-state index in [1.165, 1.54) is 0 Å². The predicted molar refractivity (Wildman–Crippen MR) is 98.5 cm³/mol. The van der Waals surface area contributed by atoms with Gasteiger partial charge in [0.15, 0.2) is 0 Å². The van der Waals surface area contributed by atoms with Gasteiger partial charge in [0, 0.05) is 31.5 Å². The fourth-order valence-corrected chi connectivity index (χ4v) is 3.02. The second-order valence-corrected chi connectivity index (χ2v) is 6.92. The minimum atomic E-state index is -0.0225.